The van der Waals surface area contributed by atoms with Crippen LogP contribution in [0.4, 0.5) is 5.13 Å². The van der Waals surface area contributed by atoms with Crippen molar-refractivity contribution in [2.24, 2.45) is 0 Å². The largest absolute Gasteiger partial charge is 0.396 e. The van der Waals surface area contributed by atoms with Crippen LogP contribution in [0.1, 0.15) is 6.92 Å². The summed E-state index contributed by atoms with van der Waals surface area (Å²) in [6.07, 6.45) is 0. The van der Waals surface area contributed by atoms with Crippen molar-refractivity contribution in [3.63, 3.8) is 0 Å². The van der Waals surface area contributed by atoms with Crippen LogP contribution in [0.5, 0.6) is 0 Å². The molecule has 0 amide bonds. The van der Waals surface area contributed by atoms with E-state index >= 15 is 0 Å². The minimum atomic E-state index is 0.181. The van der Waals surface area contributed by atoms with Crippen LogP contribution in [0.25, 0.3) is 0 Å². The van der Waals surface area contributed by atoms with E-state index in [2.05, 4.69) is 15.5 Å². The fourth-order valence-electron chi connectivity index (χ4n) is 0.624. The number of nitrogens with one attached hydrogen (secondary N) is 1. The molecule has 4 nitrogen and oxygen atoms in total. The zero-order valence-electron chi connectivity index (χ0n) is 6.78. The Labute approximate surface area is 79.4 Å². The van der Waals surface area contributed by atoms with Crippen LogP contribution >= 0.6 is 23.1 Å². The van der Waals surface area contributed by atoms with Crippen molar-refractivity contribution in [2.75, 3.05) is 24.2 Å². The van der Waals surface area contributed by atoms with Gasteiger partial charge in [-0.3, -0.25) is 0 Å². The Balaban J connectivity index is 2.41. The molecule has 1 aromatic heterocycles. The lowest BCUT2D eigenvalue weighted by molar-refractivity contribution is 0.322. The number of hydrogen-bond donors (Lipinski definition) is 2. The average molecular weight is 205 g/mol. The molecule has 0 atom stereocenters. The maximum absolute atomic E-state index is 8.56. The second-order valence-electron chi connectivity index (χ2n) is 1.98. The summed E-state index contributed by atoms with van der Waals surface area (Å²) in [4.78, 5) is 0. The number of aliphatic hydroxyl groups excluding tert-OH is 1. The minimum Gasteiger partial charge on any atom is -0.396 e. The van der Waals surface area contributed by atoms with Crippen LogP contribution in [0.2, 0.25) is 0 Å². The average Bonchev–Trinajstić information content (AvgIpc) is 2.50. The lowest BCUT2D eigenvalue weighted by Gasteiger charge is -1.91. The van der Waals surface area contributed by atoms with Gasteiger partial charge in [-0.25, -0.2) is 0 Å². The Kier molecular flexibility index (Phi) is 4.34. The number of thioether (sulfide) groups is 1. The van der Waals surface area contributed by atoms with Crippen LogP contribution in [0.15, 0.2) is 4.34 Å². The van der Waals surface area contributed by atoms with Crippen molar-refractivity contribution in [3.05, 3.63) is 0 Å². The Morgan fingerprint density at radius 2 is 2.42 bits per heavy atom. The Hall–Kier alpha value is -0.330. The SMILES string of the molecule is CCNc1nnc(SCCO)s1. The molecule has 0 fully saturated rings. The van der Waals surface area contributed by atoms with Gasteiger partial charge in [-0.1, -0.05) is 23.1 Å². The highest BCUT2D eigenvalue weighted by Gasteiger charge is 2.01. The highest BCUT2D eigenvalue weighted by atomic mass is 32.2. The quantitative estimate of drug-likeness (QED) is 0.704. The summed E-state index contributed by atoms with van der Waals surface area (Å²) in [6, 6.07) is 0. The summed E-state index contributed by atoms with van der Waals surface area (Å²) in [5.74, 6) is 0.681. The molecule has 1 aromatic rings. The van der Waals surface area contributed by atoms with Crippen molar-refractivity contribution >= 4 is 28.2 Å². The Morgan fingerprint density at radius 1 is 1.58 bits per heavy atom. The molecule has 0 unspecified atom stereocenters. The predicted molar refractivity (Wildman–Crippen MR) is 51.9 cm³/mol. The van der Waals surface area contributed by atoms with E-state index in [1.54, 1.807) is 0 Å². The zero-order chi connectivity index (χ0) is 8.81. The molecule has 0 bridgehead atoms. The molecular weight excluding hydrogens is 194 g/mol. The molecule has 0 radical (unpaired) electrons. The number of rotatable bonds is 5. The van der Waals surface area contributed by atoms with Crippen molar-refractivity contribution < 1.29 is 5.11 Å². The van der Waals surface area contributed by atoms with Gasteiger partial charge in [-0.05, 0) is 6.92 Å². The molecule has 0 saturated carbocycles. The summed E-state index contributed by atoms with van der Waals surface area (Å²) in [5, 5.41) is 20.3. The smallest absolute Gasteiger partial charge is 0.206 e. The van der Waals surface area contributed by atoms with Gasteiger partial charge in [0, 0.05) is 12.3 Å². The molecule has 6 heteroatoms. The summed E-state index contributed by atoms with van der Waals surface area (Å²) in [6.45, 7) is 3.06. The maximum Gasteiger partial charge on any atom is 0.206 e. The Morgan fingerprint density at radius 3 is 3.08 bits per heavy atom. The van der Waals surface area contributed by atoms with E-state index in [9.17, 15) is 0 Å². The van der Waals surface area contributed by atoms with Gasteiger partial charge >= 0.3 is 0 Å². The molecule has 0 aromatic carbocycles. The second-order valence-corrected chi connectivity index (χ2v) is 4.30. The topological polar surface area (TPSA) is 58.0 Å². The summed E-state index contributed by atoms with van der Waals surface area (Å²) < 4.78 is 0.903. The summed E-state index contributed by atoms with van der Waals surface area (Å²) >= 11 is 3.04. The number of anilines is 1. The molecular formula is C6H11N3OS2. The highest BCUT2D eigenvalue weighted by Crippen LogP contribution is 2.24. The van der Waals surface area contributed by atoms with Crippen molar-refractivity contribution in [1.29, 1.82) is 0 Å². The normalized spacial score (nSPS) is 10.2. The molecule has 0 aliphatic heterocycles. The number of hydrogen-bond acceptors (Lipinski definition) is 6. The molecule has 68 valence electrons. The van der Waals surface area contributed by atoms with Crippen LogP contribution in [0.3, 0.4) is 0 Å². The highest BCUT2D eigenvalue weighted by molar-refractivity contribution is 8.01. The molecule has 1 heterocycles. The van der Waals surface area contributed by atoms with Gasteiger partial charge in [-0.15, -0.1) is 10.2 Å². The van der Waals surface area contributed by atoms with Crippen molar-refractivity contribution in [1.82, 2.24) is 10.2 Å². The van der Waals surface area contributed by atoms with Gasteiger partial charge in [0.15, 0.2) is 4.34 Å². The lowest BCUT2D eigenvalue weighted by Crippen LogP contribution is -1.94. The molecule has 12 heavy (non-hydrogen) atoms. The fraction of sp³-hybridized carbons (Fsp3) is 0.667. The van der Waals surface area contributed by atoms with E-state index < -0.39 is 0 Å². The zero-order valence-corrected chi connectivity index (χ0v) is 8.41. The van der Waals surface area contributed by atoms with E-state index in [-0.39, 0.29) is 6.61 Å². The van der Waals surface area contributed by atoms with Gasteiger partial charge < -0.3 is 10.4 Å². The molecule has 2 N–H and O–H groups in total. The van der Waals surface area contributed by atoms with Crippen LogP contribution in [-0.2, 0) is 0 Å². The van der Waals surface area contributed by atoms with E-state index in [4.69, 9.17) is 5.11 Å². The van der Waals surface area contributed by atoms with Gasteiger partial charge in [0.2, 0.25) is 5.13 Å². The predicted octanol–water partition coefficient (Wildman–Crippen LogP) is 1.05. The van der Waals surface area contributed by atoms with Crippen molar-refractivity contribution in [3.8, 4) is 0 Å². The Bertz CT molecular complexity index is 228. The number of aromatic nitrogens is 2. The molecule has 0 spiro atoms. The first-order valence-electron chi connectivity index (χ1n) is 3.68. The van der Waals surface area contributed by atoms with E-state index in [0.29, 0.717) is 5.75 Å². The van der Waals surface area contributed by atoms with Crippen LogP contribution in [0, 0.1) is 0 Å². The van der Waals surface area contributed by atoms with Crippen LogP contribution in [-0.4, -0.2) is 34.2 Å². The molecule has 0 aliphatic carbocycles. The van der Waals surface area contributed by atoms with Gasteiger partial charge in [0.05, 0.1) is 6.61 Å². The fourth-order valence-corrected chi connectivity index (χ4v) is 2.26. The third-order valence-corrected chi connectivity index (χ3v) is 3.05. The molecule has 0 saturated heterocycles. The third kappa shape index (κ3) is 2.96. The third-order valence-electron chi connectivity index (χ3n) is 1.05. The monoisotopic (exact) mass is 205 g/mol. The number of aliphatic hydroxyl groups is 1. The van der Waals surface area contributed by atoms with Crippen molar-refractivity contribution in [2.45, 2.75) is 11.3 Å². The van der Waals surface area contributed by atoms with Gasteiger partial charge in [0.1, 0.15) is 0 Å². The first-order valence-corrected chi connectivity index (χ1v) is 5.48. The first kappa shape index (κ1) is 9.76. The van der Waals surface area contributed by atoms with E-state index in [1.165, 1.54) is 23.1 Å². The standard InChI is InChI=1S/C6H11N3OS2/c1-2-7-5-8-9-6(12-5)11-4-3-10/h10H,2-4H2,1H3,(H,7,8). The maximum atomic E-state index is 8.56. The number of nitrogens with zero attached hydrogens (tertiary/aromatic N) is 2. The lowest BCUT2D eigenvalue weighted by atomic mass is 10.8. The molecule has 0 aliphatic rings. The van der Waals surface area contributed by atoms with E-state index in [0.717, 1.165) is 16.0 Å². The van der Waals surface area contributed by atoms with E-state index in [1.807, 2.05) is 6.92 Å². The molecule has 1 rings (SSSR count). The summed E-state index contributed by atoms with van der Waals surface area (Å²) in [7, 11) is 0. The van der Waals surface area contributed by atoms with Gasteiger partial charge in [0.25, 0.3) is 0 Å². The first-order chi connectivity index (χ1) is 5.86. The van der Waals surface area contributed by atoms with Gasteiger partial charge in [-0.2, -0.15) is 0 Å². The minimum absolute atomic E-state index is 0.181. The second kappa shape index (κ2) is 5.34. The summed E-state index contributed by atoms with van der Waals surface area (Å²) in [5.41, 5.74) is 0. The van der Waals surface area contributed by atoms with Crippen LogP contribution < -0.4 is 5.32 Å².